The van der Waals surface area contributed by atoms with Gasteiger partial charge >= 0.3 is 0 Å². The largest absolute Gasteiger partial charge is 0.291 e. The van der Waals surface area contributed by atoms with E-state index in [1.54, 1.807) is 29.5 Å². The van der Waals surface area contributed by atoms with Gasteiger partial charge in [0.2, 0.25) is 0 Å². The molecule has 0 spiro atoms. The van der Waals surface area contributed by atoms with Crippen LogP contribution in [0.4, 0.5) is 5.69 Å². The minimum atomic E-state index is -0.479. The first-order chi connectivity index (χ1) is 12.0. The molecule has 3 rings (SSSR count). The number of carbonyl (C=O) groups excluding carboxylic acids is 1. The number of nitro groups is 1. The fraction of sp³-hybridized carbons (Fsp3) is 0.0625. The highest BCUT2D eigenvalue weighted by Gasteiger charge is 2.11. The van der Waals surface area contributed by atoms with Crippen LogP contribution in [0.5, 0.6) is 0 Å². The molecule has 2 aromatic heterocycles. The third-order valence-electron chi connectivity index (χ3n) is 3.30. The number of aryl methyl sites for hydroxylation is 1. The van der Waals surface area contributed by atoms with Crippen LogP contribution in [0.25, 0.3) is 10.6 Å². The third kappa shape index (κ3) is 3.96. The van der Waals surface area contributed by atoms with Gasteiger partial charge < -0.3 is 0 Å². The number of hydrazone groups is 1. The van der Waals surface area contributed by atoms with E-state index in [1.807, 2.05) is 19.1 Å². The van der Waals surface area contributed by atoms with Gasteiger partial charge in [-0.3, -0.25) is 20.0 Å². The molecule has 0 unspecified atom stereocenters. The Morgan fingerprint density at radius 2 is 2.08 bits per heavy atom. The van der Waals surface area contributed by atoms with Gasteiger partial charge in [-0.2, -0.15) is 10.2 Å². The lowest BCUT2D eigenvalue weighted by Gasteiger charge is -1.95. The summed E-state index contributed by atoms with van der Waals surface area (Å²) in [6, 6.07) is 11.4. The minimum absolute atomic E-state index is 0.00551. The zero-order valence-corrected chi connectivity index (χ0v) is 13.9. The van der Waals surface area contributed by atoms with Crippen molar-refractivity contribution in [1.82, 2.24) is 15.6 Å². The molecule has 0 saturated heterocycles. The predicted molar refractivity (Wildman–Crippen MR) is 94.8 cm³/mol. The highest BCUT2D eigenvalue weighted by Crippen LogP contribution is 2.26. The van der Waals surface area contributed by atoms with E-state index in [0.717, 1.165) is 10.6 Å². The zero-order chi connectivity index (χ0) is 17.8. The van der Waals surface area contributed by atoms with Crippen LogP contribution in [-0.4, -0.2) is 27.2 Å². The molecule has 0 fully saturated rings. The summed E-state index contributed by atoms with van der Waals surface area (Å²) in [5.74, 6) is -0.450. The normalized spacial score (nSPS) is 10.9. The minimum Gasteiger partial charge on any atom is -0.276 e. The predicted octanol–water partition coefficient (Wildman–Crippen LogP) is 3.12. The van der Waals surface area contributed by atoms with Crippen LogP contribution in [0.1, 0.15) is 20.9 Å². The van der Waals surface area contributed by atoms with Gasteiger partial charge in [0, 0.05) is 17.0 Å². The van der Waals surface area contributed by atoms with Gasteiger partial charge in [-0.25, -0.2) is 5.43 Å². The Bertz CT molecular complexity index is 943. The van der Waals surface area contributed by atoms with Crippen molar-refractivity contribution >= 4 is 29.1 Å². The van der Waals surface area contributed by atoms with Crippen molar-refractivity contribution < 1.29 is 9.72 Å². The number of hydrogen-bond acceptors (Lipinski definition) is 6. The van der Waals surface area contributed by atoms with Crippen LogP contribution in [0.3, 0.4) is 0 Å². The molecule has 126 valence electrons. The summed E-state index contributed by atoms with van der Waals surface area (Å²) in [5.41, 5.74) is 3.98. The Kier molecular flexibility index (Phi) is 4.66. The lowest BCUT2D eigenvalue weighted by molar-refractivity contribution is -0.384. The fourth-order valence-corrected chi connectivity index (χ4v) is 2.88. The molecule has 8 nitrogen and oxygen atoms in total. The van der Waals surface area contributed by atoms with Gasteiger partial charge in [0.05, 0.1) is 21.7 Å². The van der Waals surface area contributed by atoms with Gasteiger partial charge in [-0.15, -0.1) is 11.3 Å². The number of thiophene rings is 1. The Labute approximate surface area is 146 Å². The first kappa shape index (κ1) is 16.5. The molecule has 0 radical (unpaired) electrons. The third-order valence-corrected chi connectivity index (χ3v) is 4.33. The van der Waals surface area contributed by atoms with Gasteiger partial charge in [-0.1, -0.05) is 0 Å². The molecule has 0 saturated carbocycles. The van der Waals surface area contributed by atoms with E-state index in [4.69, 9.17) is 0 Å². The zero-order valence-electron chi connectivity index (χ0n) is 13.1. The number of rotatable bonds is 5. The molecule has 25 heavy (non-hydrogen) atoms. The van der Waals surface area contributed by atoms with Crippen molar-refractivity contribution in [2.45, 2.75) is 6.92 Å². The lowest BCUT2D eigenvalue weighted by atomic mass is 10.2. The molecule has 0 aliphatic carbocycles. The molecule has 2 N–H and O–H groups in total. The van der Waals surface area contributed by atoms with Crippen LogP contribution < -0.4 is 5.43 Å². The SMILES string of the molecule is Cc1ccc(-c2cc(C(=O)N/N=C/c3ccc([N+](=O)[O-])cc3)n[nH]2)s1. The Morgan fingerprint density at radius 1 is 1.32 bits per heavy atom. The molecular weight excluding hydrogens is 342 g/mol. The molecule has 3 aromatic rings. The maximum atomic E-state index is 12.0. The quantitative estimate of drug-likeness (QED) is 0.416. The Balaban J connectivity index is 1.62. The van der Waals surface area contributed by atoms with Crippen molar-refractivity contribution in [2.24, 2.45) is 5.10 Å². The van der Waals surface area contributed by atoms with E-state index in [2.05, 4.69) is 20.7 Å². The number of benzene rings is 1. The summed E-state index contributed by atoms with van der Waals surface area (Å²) in [5, 5.41) is 21.2. The number of amides is 1. The average molecular weight is 355 g/mol. The first-order valence-electron chi connectivity index (χ1n) is 7.23. The topological polar surface area (TPSA) is 113 Å². The van der Waals surface area contributed by atoms with Gasteiger partial charge in [0.1, 0.15) is 0 Å². The van der Waals surface area contributed by atoms with Crippen LogP contribution in [0, 0.1) is 17.0 Å². The second-order valence-corrected chi connectivity index (χ2v) is 6.41. The molecular formula is C16H13N5O3S. The number of carbonyl (C=O) groups is 1. The smallest absolute Gasteiger partial charge is 0.276 e. The second kappa shape index (κ2) is 7.05. The number of aromatic nitrogens is 2. The van der Waals surface area contributed by atoms with Crippen LogP contribution in [0.2, 0.25) is 0 Å². The molecule has 2 heterocycles. The first-order valence-corrected chi connectivity index (χ1v) is 8.04. The summed E-state index contributed by atoms with van der Waals surface area (Å²) in [4.78, 5) is 24.3. The molecule has 0 bridgehead atoms. The van der Waals surface area contributed by atoms with Crippen molar-refractivity contribution in [3.8, 4) is 10.6 Å². The molecule has 1 aromatic carbocycles. The second-order valence-electron chi connectivity index (χ2n) is 5.12. The number of nitro benzene ring substituents is 1. The number of nitrogens with one attached hydrogen (secondary N) is 2. The Hall–Kier alpha value is -3.33. The maximum absolute atomic E-state index is 12.0. The summed E-state index contributed by atoms with van der Waals surface area (Å²) >= 11 is 1.60. The van der Waals surface area contributed by atoms with Crippen molar-refractivity contribution in [3.63, 3.8) is 0 Å². The number of non-ortho nitro benzene ring substituents is 1. The van der Waals surface area contributed by atoms with Gasteiger partial charge in [0.15, 0.2) is 5.69 Å². The molecule has 0 atom stereocenters. The summed E-state index contributed by atoms with van der Waals surface area (Å²) in [6.45, 7) is 2.01. The van der Waals surface area contributed by atoms with E-state index in [9.17, 15) is 14.9 Å². The number of hydrogen-bond donors (Lipinski definition) is 2. The van der Waals surface area contributed by atoms with E-state index >= 15 is 0 Å². The molecule has 9 heteroatoms. The van der Waals surface area contributed by atoms with E-state index in [-0.39, 0.29) is 11.4 Å². The summed E-state index contributed by atoms with van der Waals surface area (Å²) in [7, 11) is 0. The fourth-order valence-electron chi connectivity index (χ4n) is 2.05. The highest BCUT2D eigenvalue weighted by molar-refractivity contribution is 7.15. The van der Waals surface area contributed by atoms with Crippen LogP contribution in [-0.2, 0) is 0 Å². The average Bonchev–Trinajstić information content (AvgIpc) is 3.24. The Morgan fingerprint density at radius 3 is 2.72 bits per heavy atom. The van der Waals surface area contributed by atoms with Crippen LogP contribution >= 0.6 is 11.3 Å². The van der Waals surface area contributed by atoms with Crippen LogP contribution in [0.15, 0.2) is 47.6 Å². The lowest BCUT2D eigenvalue weighted by Crippen LogP contribution is -2.17. The van der Waals surface area contributed by atoms with E-state index < -0.39 is 10.8 Å². The maximum Gasteiger partial charge on any atom is 0.291 e. The van der Waals surface area contributed by atoms with E-state index in [0.29, 0.717) is 5.56 Å². The molecule has 0 aliphatic rings. The summed E-state index contributed by atoms with van der Waals surface area (Å²) < 4.78 is 0. The van der Waals surface area contributed by atoms with Gasteiger partial charge in [0.25, 0.3) is 11.6 Å². The number of nitrogens with zero attached hydrogens (tertiary/aromatic N) is 3. The molecule has 1 amide bonds. The monoisotopic (exact) mass is 355 g/mol. The number of aromatic amines is 1. The highest BCUT2D eigenvalue weighted by atomic mass is 32.1. The van der Waals surface area contributed by atoms with Crippen molar-refractivity contribution in [1.29, 1.82) is 0 Å². The van der Waals surface area contributed by atoms with Gasteiger partial charge in [-0.05, 0) is 42.8 Å². The summed E-state index contributed by atoms with van der Waals surface area (Å²) in [6.07, 6.45) is 1.40. The van der Waals surface area contributed by atoms with E-state index in [1.165, 1.54) is 23.2 Å². The standard InChI is InChI=1S/C16H13N5O3S/c1-10-2-7-15(25-10)13-8-14(19-18-13)16(22)20-17-9-11-3-5-12(6-4-11)21(23)24/h2-9H,1H3,(H,18,19)(H,20,22)/b17-9+. The number of H-pyrrole nitrogens is 1. The molecule has 0 aliphatic heterocycles. The van der Waals surface area contributed by atoms with Crippen molar-refractivity contribution in [2.75, 3.05) is 0 Å². The van der Waals surface area contributed by atoms with Crippen molar-refractivity contribution in [3.05, 3.63) is 68.7 Å².